The van der Waals surface area contributed by atoms with Crippen LogP contribution in [0.3, 0.4) is 0 Å². The second-order valence-electron chi connectivity index (χ2n) is 6.28. The molecule has 0 bridgehead atoms. The predicted octanol–water partition coefficient (Wildman–Crippen LogP) is 4.12. The zero-order valence-electron chi connectivity index (χ0n) is 14.7. The molecule has 0 heterocycles. The Morgan fingerprint density at radius 3 is 2.38 bits per heavy atom. The van der Waals surface area contributed by atoms with Crippen LogP contribution in [0.5, 0.6) is 11.5 Å². The molecule has 24 heavy (non-hydrogen) atoms. The molecule has 3 nitrogen and oxygen atoms in total. The zero-order valence-corrected chi connectivity index (χ0v) is 15.5. The Bertz CT molecular complexity index is 575. The van der Waals surface area contributed by atoms with Gasteiger partial charge in [0.1, 0.15) is 16.5 Å². The Labute approximate surface area is 151 Å². The van der Waals surface area contributed by atoms with Gasteiger partial charge in [-0.2, -0.15) is 0 Å². The van der Waals surface area contributed by atoms with Crippen molar-refractivity contribution in [3.05, 3.63) is 23.3 Å². The van der Waals surface area contributed by atoms with Gasteiger partial charge < -0.3 is 14.8 Å². The lowest BCUT2D eigenvalue weighted by Gasteiger charge is -2.23. The second-order valence-corrected chi connectivity index (χ2v) is 6.69. The highest BCUT2D eigenvalue weighted by atomic mass is 32.1. The van der Waals surface area contributed by atoms with Crippen molar-refractivity contribution in [3.8, 4) is 23.8 Å². The average Bonchev–Trinajstić information content (AvgIpc) is 2.64. The fourth-order valence-electron chi connectivity index (χ4n) is 3.29. The Hall–Kier alpha value is -1.73. The molecule has 1 N–H and O–H groups in total. The highest BCUT2D eigenvalue weighted by Crippen LogP contribution is 2.32. The van der Waals surface area contributed by atoms with E-state index in [1.54, 1.807) is 14.2 Å². The zero-order chi connectivity index (χ0) is 17.4. The minimum atomic E-state index is 0.649. The van der Waals surface area contributed by atoms with E-state index in [1.165, 1.54) is 32.1 Å². The van der Waals surface area contributed by atoms with Crippen LogP contribution >= 0.6 is 12.2 Å². The van der Waals surface area contributed by atoms with E-state index < -0.39 is 0 Å². The number of nitrogens with one attached hydrogen (secondary N) is 1. The van der Waals surface area contributed by atoms with Crippen LogP contribution in [0.4, 0.5) is 0 Å². The molecular formula is C20H27NO2S. The molecule has 0 saturated heterocycles. The quantitative estimate of drug-likeness (QED) is 0.595. The number of rotatable bonds is 7. The molecule has 1 fully saturated rings. The van der Waals surface area contributed by atoms with E-state index in [4.69, 9.17) is 28.1 Å². The van der Waals surface area contributed by atoms with Crippen molar-refractivity contribution in [1.29, 1.82) is 0 Å². The molecule has 0 aromatic heterocycles. The van der Waals surface area contributed by atoms with E-state index in [9.17, 15) is 0 Å². The van der Waals surface area contributed by atoms with Crippen molar-refractivity contribution < 1.29 is 9.47 Å². The largest absolute Gasteiger partial charge is 0.496 e. The lowest BCUT2D eigenvalue weighted by Crippen LogP contribution is -2.29. The Kier molecular flexibility index (Phi) is 7.39. The van der Waals surface area contributed by atoms with Crippen molar-refractivity contribution in [1.82, 2.24) is 5.32 Å². The first-order valence-corrected chi connectivity index (χ1v) is 9.07. The van der Waals surface area contributed by atoms with E-state index in [0.29, 0.717) is 6.42 Å². The number of hydrogen-bond acceptors (Lipinski definition) is 3. The van der Waals surface area contributed by atoms with Crippen molar-refractivity contribution in [2.75, 3.05) is 20.8 Å². The molecule has 1 aliphatic carbocycles. The number of thiocarbonyl (C=S) groups is 1. The van der Waals surface area contributed by atoms with Crippen LogP contribution in [0, 0.1) is 18.3 Å². The molecule has 0 spiro atoms. The number of terminal acetylenes is 1. The van der Waals surface area contributed by atoms with Crippen molar-refractivity contribution >= 4 is 17.2 Å². The molecule has 130 valence electrons. The molecule has 2 rings (SSSR count). The summed E-state index contributed by atoms with van der Waals surface area (Å²) in [7, 11) is 3.33. The van der Waals surface area contributed by atoms with E-state index >= 15 is 0 Å². The van der Waals surface area contributed by atoms with Crippen LogP contribution in [0.25, 0.3) is 0 Å². The second kappa shape index (κ2) is 9.54. The molecule has 1 aromatic rings. The summed E-state index contributed by atoms with van der Waals surface area (Å²) in [5.41, 5.74) is 1.93. The fourth-order valence-corrected chi connectivity index (χ4v) is 3.49. The first-order valence-electron chi connectivity index (χ1n) is 8.66. The van der Waals surface area contributed by atoms with E-state index in [1.807, 2.05) is 12.1 Å². The maximum Gasteiger partial charge on any atom is 0.126 e. The van der Waals surface area contributed by atoms with Gasteiger partial charge in [-0.25, -0.2) is 0 Å². The van der Waals surface area contributed by atoms with Gasteiger partial charge in [0.05, 0.1) is 14.2 Å². The maximum absolute atomic E-state index is 5.58. The summed E-state index contributed by atoms with van der Waals surface area (Å²) in [6.45, 7) is 0.947. The lowest BCUT2D eigenvalue weighted by atomic mass is 9.89. The molecule has 0 unspecified atom stereocenters. The third-order valence-corrected chi connectivity index (χ3v) is 5.05. The molecule has 1 aromatic carbocycles. The number of methoxy groups -OCH3 is 2. The summed E-state index contributed by atoms with van der Waals surface area (Å²) >= 11 is 5.58. The molecule has 0 amide bonds. The first-order chi connectivity index (χ1) is 11.7. The molecule has 1 aliphatic rings. The average molecular weight is 346 g/mol. The van der Waals surface area contributed by atoms with E-state index in [0.717, 1.165) is 46.5 Å². The van der Waals surface area contributed by atoms with Gasteiger partial charge in [0.2, 0.25) is 0 Å². The summed E-state index contributed by atoms with van der Waals surface area (Å²) in [5.74, 6) is 4.95. The molecule has 1 saturated carbocycles. The van der Waals surface area contributed by atoms with Gasteiger partial charge in [-0.3, -0.25) is 0 Å². The van der Waals surface area contributed by atoms with Crippen LogP contribution in [-0.4, -0.2) is 25.8 Å². The summed E-state index contributed by atoms with van der Waals surface area (Å²) in [6, 6.07) is 3.95. The summed E-state index contributed by atoms with van der Waals surface area (Å²) in [5, 5.41) is 3.42. The van der Waals surface area contributed by atoms with Crippen LogP contribution in [0.15, 0.2) is 12.1 Å². The lowest BCUT2D eigenvalue weighted by molar-refractivity contribution is 0.357. The van der Waals surface area contributed by atoms with Gasteiger partial charge in [0.25, 0.3) is 0 Å². The van der Waals surface area contributed by atoms with Gasteiger partial charge in [-0.05, 0) is 37.3 Å². The summed E-state index contributed by atoms with van der Waals surface area (Å²) < 4.78 is 11.1. The number of benzene rings is 1. The molecule has 0 atom stereocenters. The van der Waals surface area contributed by atoms with Gasteiger partial charge in [0, 0.05) is 24.1 Å². The molecule has 4 heteroatoms. The standard InChI is InChI=1S/C20H27NO2S/c1-4-5-11-17-18(22-2)12-16(13-19(17)23-3)20(24)21-14-15-9-7-6-8-10-15/h1,12-13,15H,5-11,14H2,2-3H3,(H,21,24). The Morgan fingerprint density at radius 2 is 1.83 bits per heavy atom. The van der Waals surface area contributed by atoms with Crippen LogP contribution in [0.2, 0.25) is 0 Å². The topological polar surface area (TPSA) is 30.5 Å². The van der Waals surface area contributed by atoms with Gasteiger partial charge in [0.15, 0.2) is 0 Å². The minimum absolute atomic E-state index is 0.649. The van der Waals surface area contributed by atoms with Crippen molar-refractivity contribution in [2.45, 2.75) is 44.9 Å². The van der Waals surface area contributed by atoms with E-state index in [2.05, 4.69) is 11.2 Å². The molecule has 0 radical (unpaired) electrons. The predicted molar refractivity (Wildman–Crippen MR) is 103 cm³/mol. The maximum atomic E-state index is 5.58. The highest BCUT2D eigenvalue weighted by molar-refractivity contribution is 7.80. The normalized spacial score (nSPS) is 14.7. The SMILES string of the molecule is C#CCCc1c(OC)cc(C(=S)NCC2CCCCC2)cc1OC. The summed E-state index contributed by atoms with van der Waals surface area (Å²) in [6.07, 6.45) is 13.4. The number of hydrogen-bond donors (Lipinski definition) is 1. The monoisotopic (exact) mass is 345 g/mol. The third kappa shape index (κ3) is 4.88. The van der Waals surface area contributed by atoms with E-state index in [-0.39, 0.29) is 0 Å². The van der Waals surface area contributed by atoms with Gasteiger partial charge in [-0.1, -0.05) is 31.5 Å². The first kappa shape index (κ1) is 18.6. The third-order valence-electron chi connectivity index (χ3n) is 4.67. The molecule has 0 aliphatic heterocycles. The van der Waals surface area contributed by atoms with Gasteiger partial charge in [-0.15, -0.1) is 12.3 Å². The Balaban J connectivity index is 2.10. The van der Waals surface area contributed by atoms with Crippen LogP contribution in [0.1, 0.15) is 49.7 Å². The summed E-state index contributed by atoms with van der Waals surface area (Å²) in [4.78, 5) is 0.751. The minimum Gasteiger partial charge on any atom is -0.496 e. The Morgan fingerprint density at radius 1 is 1.21 bits per heavy atom. The van der Waals surface area contributed by atoms with Gasteiger partial charge >= 0.3 is 0 Å². The molecular weight excluding hydrogens is 318 g/mol. The smallest absolute Gasteiger partial charge is 0.126 e. The highest BCUT2D eigenvalue weighted by Gasteiger charge is 2.16. The van der Waals surface area contributed by atoms with Crippen LogP contribution in [-0.2, 0) is 6.42 Å². The number of ether oxygens (including phenoxy) is 2. The van der Waals surface area contributed by atoms with Crippen molar-refractivity contribution in [2.24, 2.45) is 5.92 Å². The fraction of sp³-hybridized carbons (Fsp3) is 0.550. The van der Waals surface area contributed by atoms with Crippen molar-refractivity contribution in [3.63, 3.8) is 0 Å². The van der Waals surface area contributed by atoms with Crippen LogP contribution < -0.4 is 14.8 Å².